The summed E-state index contributed by atoms with van der Waals surface area (Å²) in [6, 6.07) is 9.17. The number of pyridine rings is 1. The number of hydrogen-bond donors (Lipinski definition) is 1. The van der Waals surface area contributed by atoms with Crippen LogP contribution in [-0.4, -0.2) is 67.7 Å². The Labute approximate surface area is 198 Å². The van der Waals surface area contributed by atoms with Crippen LogP contribution in [0.2, 0.25) is 0 Å². The molecular formula is C24H27FN4O4S. The van der Waals surface area contributed by atoms with E-state index in [0.717, 1.165) is 5.56 Å². The zero-order chi connectivity index (χ0) is 24.6. The van der Waals surface area contributed by atoms with Crippen molar-refractivity contribution < 1.29 is 22.7 Å². The molecular weight excluding hydrogens is 459 g/mol. The van der Waals surface area contributed by atoms with Gasteiger partial charge in [0.2, 0.25) is 10.0 Å². The van der Waals surface area contributed by atoms with Crippen LogP contribution in [0.1, 0.15) is 27.9 Å². The van der Waals surface area contributed by atoms with Gasteiger partial charge < -0.3 is 14.9 Å². The Kier molecular flexibility index (Phi) is 6.46. The number of carbonyl (C=O) groups is 1. The lowest BCUT2D eigenvalue weighted by Gasteiger charge is -2.24. The number of sulfonamides is 1. The summed E-state index contributed by atoms with van der Waals surface area (Å²) in [6.07, 6.45) is 1.94. The van der Waals surface area contributed by atoms with Crippen LogP contribution in [0.4, 0.5) is 10.1 Å². The molecule has 0 bridgehead atoms. The second kappa shape index (κ2) is 9.19. The number of phenolic OH excluding ortho intramolecular Hbond substituents is 1. The normalized spacial score (nSPS) is 13.7. The summed E-state index contributed by atoms with van der Waals surface area (Å²) in [5.74, 6) is -1.13. The number of aromatic hydroxyl groups is 1. The molecule has 2 aromatic carbocycles. The van der Waals surface area contributed by atoms with Gasteiger partial charge in [0.25, 0.3) is 5.91 Å². The van der Waals surface area contributed by atoms with Crippen molar-refractivity contribution in [3.63, 3.8) is 0 Å². The molecule has 0 fully saturated rings. The highest BCUT2D eigenvalue weighted by atomic mass is 32.2. The maximum atomic E-state index is 13.3. The topological polar surface area (TPSA) is 94.0 Å². The van der Waals surface area contributed by atoms with Crippen molar-refractivity contribution in [3.05, 3.63) is 65.1 Å². The van der Waals surface area contributed by atoms with Gasteiger partial charge in [-0.3, -0.25) is 14.1 Å². The SMILES string of the molecule is CN(C)CCCS(=O)(=O)N(C)c1c2c(c(O)c3ncccc13)C(=O)N(Cc1ccc(F)cc1)C2. The maximum Gasteiger partial charge on any atom is 0.258 e. The molecule has 8 nitrogen and oxygen atoms in total. The number of amides is 1. The van der Waals surface area contributed by atoms with Crippen LogP contribution < -0.4 is 4.31 Å². The van der Waals surface area contributed by atoms with E-state index >= 15 is 0 Å². The van der Waals surface area contributed by atoms with Crippen molar-refractivity contribution in [1.82, 2.24) is 14.8 Å². The fraction of sp³-hybridized carbons (Fsp3) is 0.333. The molecule has 10 heteroatoms. The Bertz CT molecular complexity index is 1340. The smallest absolute Gasteiger partial charge is 0.258 e. The Balaban J connectivity index is 1.78. The minimum atomic E-state index is -3.71. The van der Waals surface area contributed by atoms with E-state index in [2.05, 4.69) is 4.98 Å². The van der Waals surface area contributed by atoms with Crippen molar-refractivity contribution in [2.75, 3.05) is 37.7 Å². The summed E-state index contributed by atoms with van der Waals surface area (Å²) in [4.78, 5) is 20.9. The van der Waals surface area contributed by atoms with E-state index < -0.39 is 15.9 Å². The van der Waals surface area contributed by atoms with E-state index in [-0.39, 0.29) is 41.5 Å². The summed E-state index contributed by atoms with van der Waals surface area (Å²) in [7, 11) is 1.52. The van der Waals surface area contributed by atoms with Gasteiger partial charge in [-0.1, -0.05) is 12.1 Å². The van der Waals surface area contributed by atoms with Gasteiger partial charge in [0.05, 0.1) is 17.0 Å². The van der Waals surface area contributed by atoms with Gasteiger partial charge in [-0.25, -0.2) is 12.8 Å². The number of aromatic nitrogens is 1. The van der Waals surface area contributed by atoms with Gasteiger partial charge in [-0.05, 0) is 56.9 Å². The number of halogens is 1. The molecule has 2 heterocycles. The molecule has 0 saturated heterocycles. The molecule has 34 heavy (non-hydrogen) atoms. The first-order valence-electron chi connectivity index (χ1n) is 10.9. The molecule has 4 rings (SSSR count). The van der Waals surface area contributed by atoms with Crippen LogP contribution in [0.25, 0.3) is 10.9 Å². The van der Waals surface area contributed by atoms with Crippen molar-refractivity contribution in [2.45, 2.75) is 19.5 Å². The number of hydrogen-bond acceptors (Lipinski definition) is 6. The van der Waals surface area contributed by atoms with E-state index in [1.165, 1.54) is 34.6 Å². The van der Waals surface area contributed by atoms with Gasteiger partial charge in [0.1, 0.15) is 11.3 Å². The monoisotopic (exact) mass is 486 g/mol. The lowest BCUT2D eigenvalue weighted by Crippen LogP contribution is -2.31. The number of phenols is 1. The second-order valence-corrected chi connectivity index (χ2v) is 10.8. The third-order valence-corrected chi connectivity index (χ3v) is 7.81. The predicted molar refractivity (Wildman–Crippen MR) is 129 cm³/mol. The third kappa shape index (κ3) is 4.43. The Morgan fingerprint density at radius 3 is 2.53 bits per heavy atom. The van der Waals surface area contributed by atoms with Crippen molar-refractivity contribution in [3.8, 4) is 5.75 Å². The largest absolute Gasteiger partial charge is 0.505 e. The number of rotatable bonds is 8. The highest BCUT2D eigenvalue weighted by Gasteiger charge is 2.37. The first-order chi connectivity index (χ1) is 16.1. The van der Waals surface area contributed by atoms with Crippen molar-refractivity contribution >= 4 is 32.5 Å². The minimum absolute atomic E-state index is 0.0543. The van der Waals surface area contributed by atoms with Crippen LogP contribution in [-0.2, 0) is 23.1 Å². The van der Waals surface area contributed by atoms with Gasteiger partial charge in [0, 0.05) is 37.3 Å². The standard InChI is InChI=1S/C24H27FN4O4S/c1-27(2)12-5-13-34(32,33)28(3)22-18-6-4-11-26-21(18)23(30)20-19(22)15-29(24(20)31)14-16-7-9-17(25)10-8-16/h4,6-11,30H,5,12-15H2,1-3H3. The highest BCUT2D eigenvalue weighted by molar-refractivity contribution is 7.92. The minimum Gasteiger partial charge on any atom is -0.505 e. The first-order valence-corrected chi connectivity index (χ1v) is 12.5. The average Bonchev–Trinajstić information content (AvgIpc) is 3.11. The molecule has 1 aromatic heterocycles. The van der Waals surface area contributed by atoms with Crippen molar-refractivity contribution in [2.24, 2.45) is 0 Å². The zero-order valence-corrected chi connectivity index (χ0v) is 20.1. The molecule has 1 amide bonds. The van der Waals surface area contributed by atoms with Crippen LogP contribution in [0.15, 0.2) is 42.6 Å². The molecule has 180 valence electrons. The lowest BCUT2D eigenvalue weighted by molar-refractivity contribution is 0.0764. The van der Waals surface area contributed by atoms with Gasteiger partial charge in [0.15, 0.2) is 5.75 Å². The Morgan fingerprint density at radius 1 is 1.15 bits per heavy atom. The highest BCUT2D eigenvalue weighted by Crippen LogP contribution is 2.44. The van der Waals surface area contributed by atoms with E-state index in [9.17, 15) is 22.7 Å². The first kappa shape index (κ1) is 23.9. The summed E-state index contributed by atoms with van der Waals surface area (Å²) in [6.45, 7) is 0.916. The fourth-order valence-corrected chi connectivity index (χ4v) is 5.52. The maximum absolute atomic E-state index is 13.3. The van der Waals surface area contributed by atoms with E-state index in [1.807, 2.05) is 19.0 Å². The number of anilines is 1. The number of fused-ring (bicyclic) bond motifs is 2. The van der Waals surface area contributed by atoms with Crippen molar-refractivity contribution in [1.29, 1.82) is 0 Å². The third-order valence-electron chi connectivity index (χ3n) is 5.99. The van der Waals surface area contributed by atoms with Crippen LogP contribution >= 0.6 is 0 Å². The molecule has 0 unspecified atom stereocenters. The lowest BCUT2D eigenvalue weighted by atomic mass is 10.0. The average molecular weight is 487 g/mol. The summed E-state index contributed by atoms with van der Waals surface area (Å²) in [5.41, 5.74) is 1.72. The zero-order valence-electron chi connectivity index (χ0n) is 19.3. The molecule has 3 aromatic rings. The molecule has 0 spiro atoms. The van der Waals surface area contributed by atoms with Crippen LogP contribution in [0.5, 0.6) is 5.75 Å². The van der Waals surface area contributed by atoms with Gasteiger partial charge >= 0.3 is 0 Å². The number of nitrogens with zero attached hydrogens (tertiary/aromatic N) is 4. The number of benzene rings is 2. The van der Waals surface area contributed by atoms with Gasteiger partial charge in [-0.15, -0.1) is 0 Å². The van der Waals surface area contributed by atoms with Crippen LogP contribution in [0.3, 0.4) is 0 Å². The quantitative estimate of drug-likeness (QED) is 0.526. The molecule has 1 aliphatic rings. The van der Waals surface area contributed by atoms with Gasteiger partial charge in [-0.2, -0.15) is 0 Å². The summed E-state index contributed by atoms with van der Waals surface area (Å²) in [5, 5.41) is 11.4. The molecule has 1 aliphatic heterocycles. The Morgan fingerprint density at radius 2 is 1.85 bits per heavy atom. The Hall–Kier alpha value is -3.24. The molecule has 0 atom stereocenters. The van der Waals surface area contributed by atoms with E-state index in [4.69, 9.17) is 0 Å². The van der Waals surface area contributed by atoms with Crippen LogP contribution in [0, 0.1) is 5.82 Å². The summed E-state index contributed by atoms with van der Waals surface area (Å²) < 4.78 is 40.9. The molecule has 0 saturated carbocycles. The van der Waals surface area contributed by atoms with E-state index in [0.29, 0.717) is 29.6 Å². The predicted octanol–water partition coefficient (Wildman–Crippen LogP) is 2.95. The van der Waals surface area contributed by atoms with E-state index in [1.54, 1.807) is 24.3 Å². The summed E-state index contributed by atoms with van der Waals surface area (Å²) >= 11 is 0. The fourth-order valence-electron chi connectivity index (χ4n) is 4.27. The molecule has 0 aliphatic carbocycles. The second-order valence-electron chi connectivity index (χ2n) is 8.68. The number of carbonyl (C=O) groups excluding carboxylic acids is 1. The molecule has 0 radical (unpaired) electrons. The molecule has 1 N–H and O–H groups in total.